The number of benzene rings is 1. The first-order chi connectivity index (χ1) is 12.6. The Morgan fingerprint density at radius 2 is 1.88 bits per heavy atom. The lowest BCUT2D eigenvalue weighted by atomic mass is 10.1. The molecule has 3 rings (SSSR count). The van der Waals surface area contributed by atoms with Gasteiger partial charge in [-0.05, 0) is 30.9 Å². The number of morpholine rings is 1. The van der Waals surface area contributed by atoms with Crippen LogP contribution in [0.1, 0.15) is 30.9 Å². The van der Waals surface area contributed by atoms with Crippen LogP contribution in [-0.4, -0.2) is 55.2 Å². The van der Waals surface area contributed by atoms with Gasteiger partial charge in [-0.2, -0.15) is 0 Å². The monoisotopic (exact) mass is 360 g/mol. The molecule has 1 atom stereocenters. The Balaban J connectivity index is 1.48. The van der Waals surface area contributed by atoms with Crippen molar-refractivity contribution >= 4 is 11.9 Å². The Hall–Kier alpha value is -1.96. The van der Waals surface area contributed by atoms with Crippen LogP contribution in [-0.2, 0) is 22.6 Å². The summed E-state index contributed by atoms with van der Waals surface area (Å²) < 4.78 is 5.40. The highest BCUT2D eigenvalue weighted by Crippen LogP contribution is 2.18. The van der Waals surface area contributed by atoms with E-state index in [1.54, 1.807) is 6.92 Å². The number of imide groups is 1. The van der Waals surface area contributed by atoms with Crippen LogP contribution in [0.5, 0.6) is 0 Å². The summed E-state index contributed by atoms with van der Waals surface area (Å²) in [6.45, 7) is 6.67. The molecule has 142 valence electrons. The van der Waals surface area contributed by atoms with Crippen LogP contribution in [0.15, 0.2) is 24.3 Å². The third kappa shape index (κ3) is 5.79. The van der Waals surface area contributed by atoms with Crippen LogP contribution in [0.2, 0.25) is 0 Å². The van der Waals surface area contributed by atoms with Gasteiger partial charge in [-0.1, -0.05) is 24.3 Å². The van der Waals surface area contributed by atoms with Crippen molar-refractivity contribution in [3.05, 3.63) is 35.4 Å². The molecular weight excluding hydrogens is 332 g/mol. The van der Waals surface area contributed by atoms with Crippen molar-refractivity contribution in [2.45, 2.75) is 44.9 Å². The van der Waals surface area contributed by atoms with E-state index in [0.717, 1.165) is 45.7 Å². The molecule has 1 aromatic rings. The van der Waals surface area contributed by atoms with Gasteiger partial charge in [0.15, 0.2) is 0 Å². The average molecular weight is 360 g/mol. The van der Waals surface area contributed by atoms with E-state index >= 15 is 0 Å². The first kappa shape index (κ1) is 18.8. The van der Waals surface area contributed by atoms with Crippen LogP contribution in [0.4, 0.5) is 4.79 Å². The lowest BCUT2D eigenvalue weighted by Gasteiger charge is -2.27. The number of carbonyl (C=O) groups is 2. The van der Waals surface area contributed by atoms with E-state index in [2.05, 4.69) is 33.0 Å². The van der Waals surface area contributed by atoms with Gasteiger partial charge in [-0.25, -0.2) is 4.79 Å². The maximum Gasteiger partial charge on any atom is 0.321 e. The molecule has 1 aliphatic carbocycles. The van der Waals surface area contributed by atoms with E-state index in [9.17, 15) is 9.59 Å². The summed E-state index contributed by atoms with van der Waals surface area (Å²) in [5.74, 6) is -0.311. The second kappa shape index (κ2) is 9.12. The minimum absolute atomic E-state index is 0.234. The molecule has 0 radical (unpaired) electrons. The highest BCUT2D eigenvalue weighted by atomic mass is 16.5. The molecule has 0 bridgehead atoms. The molecule has 0 spiro atoms. The Kier molecular flexibility index (Phi) is 6.60. The molecule has 2 fully saturated rings. The van der Waals surface area contributed by atoms with E-state index in [1.165, 1.54) is 11.1 Å². The molecule has 0 aromatic heterocycles. The zero-order chi connectivity index (χ0) is 18.4. The van der Waals surface area contributed by atoms with Crippen molar-refractivity contribution in [3.8, 4) is 0 Å². The highest BCUT2D eigenvalue weighted by Gasteiger charge is 2.25. The normalized spacial score (nSPS) is 19.0. The summed E-state index contributed by atoms with van der Waals surface area (Å²) in [5.41, 5.74) is 2.42. The number of nitrogens with one attached hydrogen (secondary N) is 3. The molecular formula is C19H28N4O3. The van der Waals surface area contributed by atoms with Crippen LogP contribution in [0, 0.1) is 0 Å². The van der Waals surface area contributed by atoms with Crippen molar-refractivity contribution in [2.24, 2.45) is 0 Å². The van der Waals surface area contributed by atoms with Gasteiger partial charge in [-0.3, -0.25) is 15.0 Å². The second-order valence-electron chi connectivity index (χ2n) is 7.00. The van der Waals surface area contributed by atoms with E-state index in [-0.39, 0.29) is 11.9 Å². The minimum Gasteiger partial charge on any atom is -0.379 e. The predicted octanol–water partition coefficient (Wildman–Crippen LogP) is 0.985. The third-order valence-corrected chi connectivity index (χ3v) is 4.76. The van der Waals surface area contributed by atoms with Crippen molar-refractivity contribution in [2.75, 3.05) is 26.3 Å². The molecule has 1 aliphatic heterocycles. The molecule has 1 unspecified atom stereocenters. The zero-order valence-corrected chi connectivity index (χ0v) is 15.3. The number of carbonyl (C=O) groups excluding carboxylic acids is 2. The Bertz CT molecular complexity index is 627. The highest BCUT2D eigenvalue weighted by molar-refractivity contribution is 5.96. The van der Waals surface area contributed by atoms with Gasteiger partial charge < -0.3 is 15.4 Å². The minimum atomic E-state index is -0.448. The standard InChI is InChI=1S/C19H28N4O3/c1-14(18(24)22-19(25)21-17-6-7-17)20-12-15-4-2-3-5-16(15)13-23-8-10-26-11-9-23/h2-5,14,17,20H,6-13H2,1H3,(H2,21,22,24,25). The lowest BCUT2D eigenvalue weighted by molar-refractivity contribution is -0.121. The molecule has 1 saturated heterocycles. The summed E-state index contributed by atoms with van der Waals surface area (Å²) in [6.07, 6.45) is 1.99. The van der Waals surface area contributed by atoms with Gasteiger partial charge >= 0.3 is 6.03 Å². The molecule has 1 heterocycles. The number of urea groups is 1. The predicted molar refractivity (Wildman–Crippen MR) is 98.5 cm³/mol. The van der Waals surface area contributed by atoms with E-state index in [0.29, 0.717) is 6.54 Å². The molecule has 26 heavy (non-hydrogen) atoms. The molecule has 3 amide bonds. The maximum atomic E-state index is 12.1. The topological polar surface area (TPSA) is 82.7 Å². The third-order valence-electron chi connectivity index (χ3n) is 4.76. The molecule has 7 heteroatoms. The molecule has 7 nitrogen and oxygen atoms in total. The SMILES string of the molecule is CC(NCc1ccccc1CN1CCOCC1)C(=O)NC(=O)NC1CC1. The van der Waals surface area contributed by atoms with Gasteiger partial charge in [0.05, 0.1) is 19.3 Å². The maximum absolute atomic E-state index is 12.1. The van der Waals surface area contributed by atoms with Gasteiger partial charge in [-0.15, -0.1) is 0 Å². The number of nitrogens with zero attached hydrogens (tertiary/aromatic N) is 1. The summed E-state index contributed by atoms with van der Waals surface area (Å²) in [6, 6.07) is 7.63. The Labute approximate surface area is 154 Å². The van der Waals surface area contributed by atoms with Crippen molar-refractivity contribution in [1.82, 2.24) is 20.9 Å². The first-order valence-electron chi connectivity index (χ1n) is 9.33. The first-order valence-corrected chi connectivity index (χ1v) is 9.33. The number of hydrogen-bond acceptors (Lipinski definition) is 5. The number of rotatable bonds is 7. The van der Waals surface area contributed by atoms with Crippen LogP contribution in [0.25, 0.3) is 0 Å². The molecule has 1 aromatic carbocycles. The van der Waals surface area contributed by atoms with Gasteiger partial charge in [0.2, 0.25) is 5.91 Å². The number of hydrogen-bond donors (Lipinski definition) is 3. The number of ether oxygens (including phenoxy) is 1. The lowest BCUT2D eigenvalue weighted by Crippen LogP contribution is -2.48. The van der Waals surface area contributed by atoms with E-state index in [1.807, 2.05) is 12.1 Å². The fourth-order valence-corrected chi connectivity index (χ4v) is 2.91. The smallest absolute Gasteiger partial charge is 0.321 e. The summed E-state index contributed by atoms with van der Waals surface area (Å²) in [4.78, 5) is 26.2. The Morgan fingerprint density at radius 1 is 1.19 bits per heavy atom. The zero-order valence-electron chi connectivity index (χ0n) is 15.3. The van der Waals surface area contributed by atoms with Crippen molar-refractivity contribution in [3.63, 3.8) is 0 Å². The summed E-state index contributed by atoms with van der Waals surface area (Å²) >= 11 is 0. The van der Waals surface area contributed by atoms with Gasteiger partial charge in [0.25, 0.3) is 0 Å². The fourth-order valence-electron chi connectivity index (χ4n) is 2.91. The molecule has 3 N–H and O–H groups in total. The van der Waals surface area contributed by atoms with Crippen LogP contribution < -0.4 is 16.0 Å². The largest absolute Gasteiger partial charge is 0.379 e. The Morgan fingerprint density at radius 3 is 2.58 bits per heavy atom. The quantitative estimate of drug-likeness (QED) is 0.675. The van der Waals surface area contributed by atoms with Gasteiger partial charge in [0.1, 0.15) is 0 Å². The average Bonchev–Trinajstić information content (AvgIpc) is 3.45. The van der Waals surface area contributed by atoms with E-state index in [4.69, 9.17) is 4.74 Å². The number of amides is 3. The summed E-state index contributed by atoms with van der Waals surface area (Å²) in [5, 5.41) is 8.36. The van der Waals surface area contributed by atoms with Crippen molar-refractivity contribution in [1.29, 1.82) is 0 Å². The fraction of sp³-hybridized carbons (Fsp3) is 0.579. The van der Waals surface area contributed by atoms with Crippen LogP contribution in [0.3, 0.4) is 0 Å². The van der Waals surface area contributed by atoms with Crippen LogP contribution >= 0.6 is 0 Å². The van der Waals surface area contributed by atoms with Gasteiger partial charge in [0, 0.05) is 32.2 Å². The second-order valence-corrected chi connectivity index (χ2v) is 7.00. The molecule has 1 saturated carbocycles. The summed E-state index contributed by atoms with van der Waals surface area (Å²) in [7, 11) is 0. The molecule has 2 aliphatic rings. The van der Waals surface area contributed by atoms with E-state index < -0.39 is 12.1 Å². The van der Waals surface area contributed by atoms with Crippen molar-refractivity contribution < 1.29 is 14.3 Å².